The molecule has 0 aliphatic heterocycles. The number of rotatable bonds is 4. The zero-order chi connectivity index (χ0) is 8.15. The normalized spacial score (nSPS) is 8.90. The molecule has 0 atom stereocenters. The Balaban J connectivity index is 3.65. The highest BCUT2D eigenvalue weighted by molar-refractivity contribution is 7.32. The van der Waals surface area contributed by atoms with Crippen molar-refractivity contribution in [2.75, 3.05) is 0 Å². The maximum Gasteiger partial charge on any atom is 0.400 e. The van der Waals surface area contributed by atoms with Crippen LogP contribution in [0.3, 0.4) is 0 Å². The van der Waals surface area contributed by atoms with E-state index in [0.717, 1.165) is 0 Å². The van der Waals surface area contributed by atoms with Gasteiger partial charge in [0, 0.05) is 0 Å². The van der Waals surface area contributed by atoms with Crippen LogP contribution in [0, 0.1) is 20.2 Å². The Labute approximate surface area is 53.7 Å². The molecule has 58 valence electrons. The van der Waals surface area contributed by atoms with Crippen molar-refractivity contribution in [3.8, 4) is 0 Å². The van der Waals surface area contributed by atoms with Crippen molar-refractivity contribution >= 4 is 8.25 Å². The summed E-state index contributed by atoms with van der Waals surface area (Å²) in [6.45, 7) is 0. The highest BCUT2D eigenvalue weighted by Crippen LogP contribution is 2.22. The first-order chi connectivity index (χ1) is 4.52. The lowest BCUT2D eigenvalue weighted by Crippen LogP contribution is -1.97. The van der Waals surface area contributed by atoms with Crippen LogP contribution in [0.2, 0.25) is 0 Å². The molecule has 0 aromatic rings. The number of hydrogen-bond donors (Lipinski definition) is 0. The molecule has 9 nitrogen and oxygen atoms in total. The smallest absolute Gasteiger partial charge is 0.268 e. The fourth-order valence-corrected chi connectivity index (χ4v) is 0.415. The second-order valence-corrected chi connectivity index (χ2v) is 1.74. The molecule has 0 N–H and O–H groups in total. The zero-order valence-corrected chi connectivity index (χ0v) is 5.25. The topological polar surface area (TPSA) is 122 Å². The molecule has 0 aliphatic rings. The average Bonchev–Trinajstić information content (AvgIpc) is 1.58. The molecule has 0 radical (unpaired) electrons. The van der Waals surface area contributed by atoms with Crippen LogP contribution in [0.1, 0.15) is 0 Å². The van der Waals surface area contributed by atoms with Crippen molar-refractivity contribution in [3.63, 3.8) is 0 Å². The van der Waals surface area contributed by atoms with Crippen LogP contribution in [0.4, 0.5) is 0 Å². The maximum atomic E-state index is 9.92. The van der Waals surface area contributed by atoms with Gasteiger partial charge in [0.15, 0.2) is 0 Å². The first kappa shape index (κ1) is 8.63. The lowest BCUT2D eigenvalue weighted by molar-refractivity contribution is -0.746. The lowest BCUT2D eigenvalue weighted by Gasteiger charge is -1.93. The van der Waals surface area contributed by atoms with Crippen molar-refractivity contribution in [2.24, 2.45) is 0 Å². The summed E-state index contributed by atoms with van der Waals surface area (Å²) >= 11 is 0. The molecule has 0 heterocycles. The molecule has 0 aromatic heterocycles. The summed E-state index contributed by atoms with van der Waals surface area (Å²) in [4.78, 5) is 18.6. The van der Waals surface area contributed by atoms with Gasteiger partial charge in [0.2, 0.25) is 0 Å². The average molecular weight is 172 g/mol. The third kappa shape index (κ3) is 4.78. The molecule has 0 amide bonds. The van der Waals surface area contributed by atoms with Gasteiger partial charge in [-0.1, -0.05) is 0 Å². The standard InChI is InChI=1S/HN2O7P/c3-1(4)8-10(7)9-2(5)6/h10H. The van der Waals surface area contributed by atoms with Crippen LogP contribution in [-0.2, 0) is 13.8 Å². The predicted octanol–water partition coefficient (Wildman–Crippen LogP) is -0.207. The lowest BCUT2D eigenvalue weighted by atomic mass is 13.1. The molecule has 0 fully saturated rings. The summed E-state index contributed by atoms with van der Waals surface area (Å²) in [5, 5.41) is 15.7. The van der Waals surface area contributed by atoms with Gasteiger partial charge in [-0.25, -0.2) is 9.25 Å². The molecular weight excluding hydrogens is 171 g/mol. The minimum absolute atomic E-state index is 1.44. The number of nitrogens with zero attached hydrogens (tertiary/aromatic N) is 2. The summed E-state index contributed by atoms with van der Waals surface area (Å²) in [5.74, 6) is 0. The van der Waals surface area contributed by atoms with Gasteiger partial charge in [0.25, 0.3) is 0 Å². The highest BCUT2D eigenvalue weighted by atomic mass is 31.1. The van der Waals surface area contributed by atoms with Crippen LogP contribution >= 0.6 is 8.25 Å². The van der Waals surface area contributed by atoms with E-state index in [-0.39, 0.29) is 0 Å². The first-order valence-corrected chi connectivity index (χ1v) is 2.93. The van der Waals surface area contributed by atoms with Crippen molar-refractivity contribution in [3.05, 3.63) is 20.2 Å². The molecule has 0 bridgehead atoms. The fourth-order valence-electron chi connectivity index (χ4n) is 0.138. The van der Waals surface area contributed by atoms with Crippen LogP contribution in [0.5, 0.6) is 0 Å². The largest absolute Gasteiger partial charge is 0.400 e. The van der Waals surface area contributed by atoms with Crippen LogP contribution in [0.25, 0.3) is 0 Å². The predicted molar refractivity (Wildman–Crippen MR) is 25.2 cm³/mol. The van der Waals surface area contributed by atoms with E-state index in [9.17, 15) is 24.8 Å². The summed E-state index contributed by atoms with van der Waals surface area (Å²) in [5.41, 5.74) is 0. The Bertz CT molecular complexity index is 154. The molecule has 0 spiro atoms. The van der Waals surface area contributed by atoms with Gasteiger partial charge in [0.05, 0.1) is 0 Å². The van der Waals surface area contributed by atoms with Gasteiger partial charge in [0.1, 0.15) is 0 Å². The highest BCUT2D eigenvalue weighted by Gasteiger charge is 2.07. The SMILES string of the molecule is O=[N+]([O-])O[PH](=O)O[N+](=O)[O-]. The molecule has 0 saturated heterocycles. The van der Waals surface area contributed by atoms with E-state index in [4.69, 9.17) is 0 Å². The Morgan fingerprint density at radius 1 is 1.10 bits per heavy atom. The number of hydrogen-bond acceptors (Lipinski definition) is 7. The quantitative estimate of drug-likeness (QED) is 0.326. The molecular formula is HN2O7P. The van der Waals surface area contributed by atoms with Gasteiger partial charge >= 0.3 is 18.4 Å². The van der Waals surface area contributed by atoms with Gasteiger partial charge < -0.3 is 0 Å². The van der Waals surface area contributed by atoms with E-state index in [1.165, 1.54) is 0 Å². The van der Waals surface area contributed by atoms with E-state index in [0.29, 0.717) is 0 Å². The van der Waals surface area contributed by atoms with Crippen molar-refractivity contribution in [1.82, 2.24) is 0 Å². The maximum absolute atomic E-state index is 9.92. The van der Waals surface area contributed by atoms with Gasteiger partial charge in [-0.05, 0) is 0 Å². The summed E-state index contributed by atoms with van der Waals surface area (Å²) in [6.07, 6.45) is 0. The molecule has 0 aliphatic carbocycles. The molecule has 0 saturated carbocycles. The molecule has 0 unspecified atom stereocenters. The minimum atomic E-state index is -3.64. The monoisotopic (exact) mass is 172 g/mol. The van der Waals surface area contributed by atoms with Crippen LogP contribution < -0.4 is 0 Å². The third-order valence-electron chi connectivity index (χ3n) is 0.298. The van der Waals surface area contributed by atoms with E-state index in [2.05, 4.69) is 9.25 Å². The Morgan fingerprint density at radius 2 is 1.40 bits per heavy atom. The molecule has 0 rings (SSSR count). The summed E-state index contributed by atoms with van der Waals surface area (Å²) in [7, 11) is -3.64. The van der Waals surface area contributed by atoms with Gasteiger partial charge in [-0.3, -0.25) is 4.57 Å². The zero-order valence-electron chi connectivity index (χ0n) is 4.25. The van der Waals surface area contributed by atoms with Gasteiger partial charge in [-0.15, -0.1) is 20.2 Å². The first-order valence-electron chi connectivity index (χ1n) is 1.71. The summed E-state index contributed by atoms with van der Waals surface area (Å²) < 4.78 is 16.3. The summed E-state index contributed by atoms with van der Waals surface area (Å²) in [6, 6.07) is 0. The van der Waals surface area contributed by atoms with Crippen molar-refractivity contribution < 1.29 is 24.0 Å². The van der Waals surface area contributed by atoms with Crippen molar-refractivity contribution in [1.29, 1.82) is 0 Å². The van der Waals surface area contributed by atoms with E-state index >= 15 is 0 Å². The van der Waals surface area contributed by atoms with Crippen molar-refractivity contribution in [2.45, 2.75) is 0 Å². The van der Waals surface area contributed by atoms with Gasteiger partial charge in [-0.2, -0.15) is 0 Å². The van der Waals surface area contributed by atoms with Crippen LogP contribution in [-0.4, -0.2) is 10.2 Å². The molecule has 10 heteroatoms. The Hall–Kier alpha value is -1.37. The van der Waals surface area contributed by atoms with E-state index in [1.807, 2.05) is 0 Å². The fraction of sp³-hybridized carbons (Fsp3) is 0. The van der Waals surface area contributed by atoms with E-state index < -0.39 is 18.4 Å². The Kier molecular flexibility index (Phi) is 3.12. The molecule has 10 heavy (non-hydrogen) atoms. The molecule has 0 aromatic carbocycles. The minimum Gasteiger partial charge on any atom is -0.268 e. The van der Waals surface area contributed by atoms with Crippen LogP contribution in [0.15, 0.2) is 0 Å². The Morgan fingerprint density at radius 3 is 1.60 bits per heavy atom. The second-order valence-electron chi connectivity index (χ2n) is 0.880. The third-order valence-corrected chi connectivity index (χ3v) is 0.894. The second kappa shape index (κ2) is 3.62. The van der Waals surface area contributed by atoms with E-state index in [1.54, 1.807) is 0 Å².